The van der Waals surface area contributed by atoms with Crippen LogP contribution in [0.1, 0.15) is 12.6 Å². The molecule has 2 heterocycles. The highest BCUT2D eigenvalue weighted by Crippen LogP contribution is 2.31. The smallest absolute Gasteiger partial charge is 0.276 e. The summed E-state index contributed by atoms with van der Waals surface area (Å²) < 4.78 is 7.24. The van der Waals surface area contributed by atoms with E-state index in [4.69, 9.17) is 16.0 Å². The molecule has 5 nitrogen and oxygen atoms in total. The van der Waals surface area contributed by atoms with Crippen LogP contribution in [0.5, 0.6) is 0 Å². The zero-order valence-corrected chi connectivity index (χ0v) is 13.1. The van der Waals surface area contributed by atoms with Crippen molar-refractivity contribution in [1.29, 1.82) is 0 Å². The molecule has 98 valence electrons. The normalized spacial score (nSPS) is 11.1. The number of nitrogens with zero attached hydrogens (tertiary/aromatic N) is 4. The van der Waals surface area contributed by atoms with E-state index < -0.39 is 0 Å². The minimum absolute atomic E-state index is 0.409. The largest absolute Gasteiger partial charge is 0.410 e. The van der Waals surface area contributed by atoms with Gasteiger partial charge < -0.3 is 4.42 Å². The quantitative estimate of drug-likeness (QED) is 0.612. The number of hydrogen-bond acceptors (Lipinski definition) is 5. The number of aryl methyl sites for hydroxylation is 2. The summed E-state index contributed by atoms with van der Waals surface area (Å²) in [6, 6.07) is 0. The summed E-state index contributed by atoms with van der Waals surface area (Å²) in [5, 5.41) is 14.3. The predicted octanol–water partition coefficient (Wildman–Crippen LogP) is 3.17. The number of halogens is 2. The van der Waals surface area contributed by atoms with Crippen LogP contribution in [-0.4, -0.2) is 31.1 Å². The maximum absolute atomic E-state index is 6.25. The highest BCUT2D eigenvalue weighted by molar-refractivity contribution is 9.09. The van der Waals surface area contributed by atoms with Gasteiger partial charge >= 0.3 is 0 Å². The molecule has 0 bridgehead atoms. The molecule has 0 aliphatic rings. The van der Waals surface area contributed by atoms with Gasteiger partial charge in [0.25, 0.3) is 11.1 Å². The molecule has 0 amide bonds. The Labute approximate surface area is 122 Å². The molecular formula is C10H12BrClN4OS. The minimum Gasteiger partial charge on any atom is -0.410 e. The topological polar surface area (TPSA) is 56.7 Å². The Bertz CT molecular complexity index is 542. The lowest BCUT2D eigenvalue weighted by molar-refractivity contribution is 0.462. The van der Waals surface area contributed by atoms with E-state index in [1.807, 2.05) is 14.0 Å². The van der Waals surface area contributed by atoms with Crippen molar-refractivity contribution >= 4 is 39.3 Å². The second-order valence-electron chi connectivity index (χ2n) is 3.50. The lowest BCUT2D eigenvalue weighted by Crippen LogP contribution is -1.94. The molecule has 0 atom stereocenters. The van der Waals surface area contributed by atoms with Crippen molar-refractivity contribution in [3.63, 3.8) is 0 Å². The molecule has 2 aromatic heterocycles. The van der Waals surface area contributed by atoms with Gasteiger partial charge in [-0.25, -0.2) is 0 Å². The number of thioether (sulfide) groups is 1. The zero-order chi connectivity index (χ0) is 13.1. The van der Waals surface area contributed by atoms with Crippen LogP contribution in [0, 0.1) is 0 Å². The van der Waals surface area contributed by atoms with E-state index in [-0.39, 0.29) is 0 Å². The molecule has 0 aromatic carbocycles. The fourth-order valence-electron chi connectivity index (χ4n) is 1.50. The van der Waals surface area contributed by atoms with Crippen molar-refractivity contribution in [2.45, 2.75) is 18.6 Å². The molecule has 0 saturated heterocycles. The maximum Gasteiger partial charge on any atom is 0.276 e. The second kappa shape index (κ2) is 6.08. The molecule has 0 radical (unpaired) electrons. The number of rotatable bonds is 5. The van der Waals surface area contributed by atoms with Gasteiger partial charge in [0.1, 0.15) is 5.69 Å². The van der Waals surface area contributed by atoms with Crippen LogP contribution >= 0.6 is 39.3 Å². The first-order chi connectivity index (χ1) is 8.67. The van der Waals surface area contributed by atoms with Crippen LogP contribution in [0.4, 0.5) is 0 Å². The number of alkyl halides is 1. The molecule has 8 heteroatoms. The average molecular weight is 352 g/mol. The number of aromatic nitrogens is 4. The fourth-order valence-corrected chi connectivity index (χ4v) is 2.85. The van der Waals surface area contributed by atoms with Crippen molar-refractivity contribution in [3.8, 4) is 11.6 Å². The highest BCUT2D eigenvalue weighted by atomic mass is 79.9. The molecule has 2 aromatic rings. The Morgan fingerprint density at radius 3 is 2.83 bits per heavy atom. The molecule has 2 rings (SSSR count). The van der Waals surface area contributed by atoms with Gasteiger partial charge in [0.2, 0.25) is 0 Å². The van der Waals surface area contributed by atoms with Gasteiger partial charge in [0.15, 0.2) is 0 Å². The highest BCUT2D eigenvalue weighted by Gasteiger charge is 2.20. The standard InChI is InChI=1S/C10H12BrClN4OS/c1-3-6-7(12)8(16(2)15-6)9-13-14-10(17-9)18-5-4-11/h3-5H2,1-2H3. The van der Waals surface area contributed by atoms with Gasteiger partial charge in [-0.15, -0.1) is 10.2 Å². The van der Waals surface area contributed by atoms with Crippen molar-refractivity contribution in [2.24, 2.45) is 7.05 Å². The van der Waals surface area contributed by atoms with Gasteiger partial charge in [-0.1, -0.05) is 46.2 Å². The molecule has 0 fully saturated rings. The van der Waals surface area contributed by atoms with Crippen molar-refractivity contribution in [2.75, 3.05) is 11.1 Å². The Morgan fingerprint density at radius 1 is 1.44 bits per heavy atom. The first-order valence-corrected chi connectivity index (χ1v) is 7.89. The third-order valence-electron chi connectivity index (χ3n) is 2.30. The lowest BCUT2D eigenvalue weighted by atomic mass is 10.3. The van der Waals surface area contributed by atoms with E-state index in [0.29, 0.717) is 21.8 Å². The SMILES string of the molecule is CCc1nn(C)c(-c2nnc(SCCBr)o2)c1Cl. The van der Waals surface area contributed by atoms with Crippen LogP contribution in [0.15, 0.2) is 9.64 Å². The van der Waals surface area contributed by atoms with E-state index in [1.54, 1.807) is 4.68 Å². The number of hydrogen-bond donors (Lipinski definition) is 0. The summed E-state index contributed by atoms with van der Waals surface area (Å²) in [5.41, 5.74) is 1.51. The van der Waals surface area contributed by atoms with Gasteiger partial charge in [0, 0.05) is 18.1 Å². The second-order valence-corrected chi connectivity index (χ2v) is 5.71. The van der Waals surface area contributed by atoms with E-state index in [9.17, 15) is 0 Å². The summed E-state index contributed by atoms with van der Waals surface area (Å²) in [4.78, 5) is 0. The third-order valence-corrected chi connectivity index (χ3v) is 4.44. The van der Waals surface area contributed by atoms with Crippen molar-refractivity contribution in [1.82, 2.24) is 20.0 Å². The predicted molar refractivity (Wildman–Crippen MR) is 75.4 cm³/mol. The molecule has 0 N–H and O–H groups in total. The summed E-state index contributed by atoms with van der Waals surface area (Å²) in [7, 11) is 1.82. The molecule has 0 spiro atoms. The first-order valence-electron chi connectivity index (χ1n) is 5.41. The Kier molecular flexibility index (Phi) is 4.69. The zero-order valence-electron chi connectivity index (χ0n) is 9.98. The monoisotopic (exact) mass is 350 g/mol. The van der Waals surface area contributed by atoms with Crippen LogP contribution in [0.2, 0.25) is 5.02 Å². The van der Waals surface area contributed by atoms with Gasteiger partial charge in [-0.3, -0.25) is 4.68 Å². The van der Waals surface area contributed by atoms with E-state index >= 15 is 0 Å². The van der Waals surface area contributed by atoms with Crippen LogP contribution in [0.25, 0.3) is 11.6 Å². The summed E-state index contributed by atoms with van der Waals surface area (Å²) in [5.74, 6) is 1.29. The lowest BCUT2D eigenvalue weighted by Gasteiger charge is -1.95. The Hall–Kier alpha value is -0.530. The van der Waals surface area contributed by atoms with Gasteiger partial charge in [-0.2, -0.15) is 5.10 Å². The van der Waals surface area contributed by atoms with Gasteiger partial charge in [-0.05, 0) is 6.42 Å². The van der Waals surface area contributed by atoms with Gasteiger partial charge in [0.05, 0.1) is 10.7 Å². The Balaban J connectivity index is 2.31. The van der Waals surface area contributed by atoms with E-state index in [0.717, 1.165) is 23.2 Å². The molecule has 0 saturated carbocycles. The molecule has 18 heavy (non-hydrogen) atoms. The van der Waals surface area contributed by atoms with E-state index in [1.165, 1.54) is 11.8 Å². The molecule has 0 aliphatic heterocycles. The summed E-state index contributed by atoms with van der Waals surface area (Å²) >= 11 is 11.1. The molecule has 0 aliphatic carbocycles. The van der Waals surface area contributed by atoms with Crippen LogP contribution in [-0.2, 0) is 13.5 Å². The fraction of sp³-hybridized carbons (Fsp3) is 0.500. The summed E-state index contributed by atoms with van der Waals surface area (Å²) in [6.07, 6.45) is 0.770. The summed E-state index contributed by atoms with van der Waals surface area (Å²) in [6.45, 7) is 2.00. The van der Waals surface area contributed by atoms with Crippen LogP contribution < -0.4 is 0 Å². The third kappa shape index (κ3) is 2.73. The van der Waals surface area contributed by atoms with Crippen molar-refractivity contribution in [3.05, 3.63) is 10.7 Å². The van der Waals surface area contributed by atoms with Crippen LogP contribution in [0.3, 0.4) is 0 Å². The Morgan fingerprint density at radius 2 is 2.22 bits per heavy atom. The maximum atomic E-state index is 6.25. The first kappa shape index (κ1) is 13.9. The molecule has 0 unspecified atom stereocenters. The van der Waals surface area contributed by atoms with Crippen molar-refractivity contribution < 1.29 is 4.42 Å². The average Bonchev–Trinajstić information content (AvgIpc) is 2.91. The minimum atomic E-state index is 0.409. The molecular weight excluding hydrogens is 340 g/mol. The van der Waals surface area contributed by atoms with E-state index in [2.05, 4.69) is 31.2 Å².